The Kier molecular flexibility index (Phi) is 8.81. The van der Waals surface area contributed by atoms with Crippen LogP contribution in [0, 0.1) is 0 Å². The molecule has 0 amide bonds. The van der Waals surface area contributed by atoms with Crippen molar-refractivity contribution in [2.75, 3.05) is 18.1 Å². The average molecular weight is 265 g/mol. The summed E-state index contributed by atoms with van der Waals surface area (Å²) in [7, 11) is 0. The van der Waals surface area contributed by atoms with E-state index in [4.69, 9.17) is 16.3 Å². The zero-order chi connectivity index (χ0) is 11.6. The molecule has 0 bridgehead atoms. The predicted molar refractivity (Wildman–Crippen MR) is 74.7 cm³/mol. The molecule has 1 fully saturated rings. The molecule has 16 heavy (non-hydrogen) atoms. The Hall–Kier alpha value is 0.600. The third-order valence-corrected chi connectivity index (χ3v) is 4.61. The highest BCUT2D eigenvalue weighted by Gasteiger charge is 2.25. The van der Waals surface area contributed by atoms with E-state index in [1.165, 1.54) is 37.9 Å². The van der Waals surface area contributed by atoms with Gasteiger partial charge in [0.1, 0.15) is 0 Å². The lowest BCUT2D eigenvalue weighted by molar-refractivity contribution is 0.0727. The lowest BCUT2D eigenvalue weighted by atomic mass is 10.2. The lowest BCUT2D eigenvalue weighted by Crippen LogP contribution is -2.19. The van der Waals surface area contributed by atoms with Crippen LogP contribution in [0.5, 0.6) is 0 Å². The number of halogens is 1. The van der Waals surface area contributed by atoms with Gasteiger partial charge in [-0.25, -0.2) is 0 Å². The summed E-state index contributed by atoms with van der Waals surface area (Å²) in [6.45, 7) is 3.14. The van der Waals surface area contributed by atoms with Crippen LogP contribution < -0.4 is 0 Å². The minimum Gasteiger partial charge on any atom is -0.376 e. The summed E-state index contributed by atoms with van der Waals surface area (Å²) < 4.78 is 5.79. The summed E-state index contributed by atoms with van der Waals surface area (Å²) in [4.78, 5) is 0. The standard InChI is InChI=1S/C13H25ClOS/c1-2-3-4-5-10-16-11-9-15-13-8-6-7-12(13)14/h12-13H,2-11H2,1H3/t12-,13-/m0/s1. The number of hydrogen-bond acceptors (Lipinski definition) is 2. The third kappa shape index (κ3) is 6.36. The first-order valence-electron chi connectivity index (χ1n) is 6.68. The van der Waals surface area contributed by atoms with Crippen LogP contribution in [-0.4, -0.2) is 29.6 Å². The largest absolute Gasteiger partial charge is 0.376 e. The monoisotopic (exact) mass is 264 g/mol. The fraction of sp³-hybridized carbons (Fsp3) is 1.00. The second-order valence-corrected chi connectivity index (χ2v) is 6.31. The molecule has 0 N–H and O–H groups in total. The number of alkyl halides is 1. The van der Waals surface area contributed by atoms with Gasteiger partial charge >= 0.3 is 0 Å². The van der Waals surface area contributed by atoms with Gasteiger partial charge in [0, 0.05) is 5.75 Å². The Balaban J connectivity index is 1.81. The zero-order valence-electron chi connectivity index (χ0n) is 10.4. The topological polar surface area (TPSA) is 9.23 Å². The molecule has 0 aliphatic heterocycles. The van der Waals surface area contributed by atoms with Gasteiger partial charge in [0.25, 0.3) is 0 Å². The maximum absolute atomic E-state index is 6.14. The second kappa shape index (κ2) is 9.61. The van der Waals surface area contributed by atoms with Gasteiger partial charge in [-0.2, -0.15) is 11.8 Å². The van der Waals surface area contributed by atoms with Gasteiger partial charge in [-0.1, -0.05) is 26.2 Å². The number of unbranched alkanes of at least 4 members (excludes halogenated alkanes) is 3. The van der Waals surface area contributed by atoms with Gasteiger partial charge in [0.15, 0.2) is 0 Å². The van der Waals surface area contributed by atoms with Crippen molar-refractivity contribution in [2.45, 2.75) is 63.4 Å². The molecule has 0 unspecified atom stereocenters. The quantitative estimate of drug-likeness (QED) is 0.449. The van der Waals surface area contributed by atoms with Crippen molar-refractivity contribution in [3.8, 4) is 0 Å². The fourth-order valence-corrected chi connectivity index (χ4v) is 3.24. The van der Waals surface area contributed by atoms with E-state index in [0.29, 0.717) is 6.10 Å². The summed E-state index contributed by atoms with van der Waals surface area (Å²) >= 11 is 8.16. The van der Waals surface area contributed by atoms with Crippen molar-refractivity contribution in [1.29, 1.82) is 0 Å². The minimum absolute atomic E-state index is 0.273. The first kappa shape index (κ1) is 14.7. The van der Waals surface area contributed by atoms with Crippen molar-refractivity contribution < 1.29 is 4.74 Å². The highest BCUT2D eigenvalue weighted by atomic mass is 35.5. The summed E-state index contributed by atoms with van der Waals surface area (Å²) in [6, 6.07) is 0. The summed E-state index contributed by atoms with van der Waals surface area (Å²) in [6.07, 6.45) is 9.33. The smallest absolute Gasteiger partial charge is 0.0739 e. The molecule has 0 aromatic heterocycles. The molecule has 0 heterocycles. The maximum atomic E-state index is 6.14. The van der Waals surface area contributed by atoms with E-state index in [9.17, 15) is 0 Å². The predicted octanol–water partition coefficient (Wildman–Crippen LogP) is 4.48. The second-order valence-electron chi connectivity index (χ2n) is 4.53. The molecule has 1 nitrogen and oxygen atoms in total. The zero-order valence-corrected chi connectivity index (χ0v) is 12.0. The van der Waals surface area contributed by atoms with E-state index >= 15 is 0 Å². The van der Waals surface area contributed by atoms with E-state index in [-0.39, 0.29) is 5.38 Å². The van der Waals surface area contributed by atoms with E-state index in [1.54, 1.807) is 0 Å². The van der Waals surface area contributed by atoms with Crippen LogP contribution in [0.4, 0.5) is 0 Å². The molecule has 1 saturated carbocycles. The molecule has 3 heteroatoms. The summed E-state index contributed by atoms with van der Waals surface area (Å²) in [5.74, 6) is 2.42. The normalized spacial score (nSPS) is 25.1. The molecule has 1 rings (SSSR count). The third-order valence-electron chi connectivity index (χ3n) is 3.07. The highest BCUT2D eigenvalue weighted by Crippen LogP contribution is 2.26. The van der Waals surface area contributed by atoms with Crippen molar-refractivity contribution in [3.63, 3.8) is 0 Å². The number of thioether (sulfide) groups is 1. The highest BCUT2D eigenvalue weighted by molar-refractivity contribution is 7.99. The Bertz CT molecular complexity index is 166. The first-order valence-corrected chi connectivity index (χ1v) is 8.27. The van der Waals surface area contributed by atoms with Gasteiger partial charge in [0.2, 0.25) is 0 Å². The molecule has 0 aromatic carbocycles. The summed E-state index contributed by atoms with van der Waals surface area (Å²) in [5.41, 5.74) is 0. The molecular weight excluding hydrogens is 240 g/mol. The number of hydrogen-bond donors (Lipinski definition) is 0. The molecule has 0 radical (unpaired) electrons. The Morgan fingerprint density at radius 1 is 1.19 bits per heavy atom. The van der Waals surface area contributed by atoms with E-state index in [1.807, 2.05) is 11.8 Å². The first-order chi connectivity index (χ1) is 7.84. The minimum atomic E-state index is 0.273. The summed E-state index contributed by atoms with van der Waals surface area (Å²) in [5, 5.41) is 0.273. The van der Waals surface area contributed by atoms with E-state index in [0.717, 1.165) is 25.2 Å². The molecule has 0 saturated heterocycles. The van der Waals surface area contributed by atoms with Gasteiger partial charge in [-0.15, -0.1) is 11.6 Å². The average Bonchev–Trinajstić information content (AvgIpc) is 2.68. The molecule has 0 aromatic rings. The van der Waals surface area contributed by atoms with Crippen LogP contribution in [0.3, 0.4) is 0 Å². The fourth-order valence-electron chi connectivity index (χ4n) is 2.06. The van der Waals surface area contributed by atoms with Gasteiger partial charge < -0.3 is 4.74 Å². The molecule has 2 atom stereocenters. The van der Waals surface area contributed by atoms with Gasteiger partial charge in [-0.05, 0) is 31.4 Å². The number of ether oxygens (including phenoxy) is 1. The van der Waals surface area contributed by atoms with Crippen molar-refractivity contribution in [3.05, 3.63) is 0 Å². The number of rotatable bonds is 9. The van der Waals surface area contributed by atoms with Crippen molar-refractivity contribution in [1.82, 2.24) is 0 Å². The van der Waals surface area contributed by atoms with Gasteiger partial charge in [-0.3, -0.25) is 0 Å². The van der Waals surface area contributed by atoms with Crippen LogP contribution in [0.1, 0.15) is 51.9 Å². The van der Waals surface area contributed by atoms with Crippen LogP contribution in [0.25, 0.3) is 0 Å². The van der Waals surface area contributed by atoms with Crippen LogP contribution in [-0.2, 0) is 4.74 Å². The Morgan fingerprint density at radius 2 is 2.06 bits per heavy atom. The molecule has 96 valence electrons. The van der Waals surface area contributed by atoms with Crippen molar-refractivity contribution >= 4 is 23.4 Å². The molecular formula is C13H25ClOS. The lowest BCUT2D eigenvalue weighted by Gasteiger charge is -2.14. The Labute approximate surface area is 110 Å². The van der Waals surface area contributed by atoms with Gasteiger partial charge in [0.05, 0.1) is 18.1 Å². The van der Waals surface area contributed by atoms with Crippen LogP contribution in [0.2, 0.25) is 0 Å². The Morgan fingerprint density at radius 3 is 2.75 bits per heavy atom. The molecule has 1 aliphatic carbocycles. The SMILES string of the molecule is CCCCCCSCCO[C@H]1CCC[C@@H]1Cl. The van der Waals surface area contributed by atoms with Crippen LogP contribution >= 0.6 is 23.4 Å². The maximum Gasteiger partial charge on any atom is 0.0739 e. The van der Waals surface area contributed by atoms with E-state index in [2.05, 4.69) is 6.92 Å². The molecule has 0 spiro atoms. The van der Waals surface area contributed by atoms with Crippen molar-refractivity contribution in [2.24, 2.45) is 0 Å². The molecule has 1 aliphatic rings. The van der Waals surface area contributed by atoms with Crippen LogP contribution in [0.15, 0.2) is 0 Å². The van der Waals surface area contributed by atoms with E-state index < -0.39 is 0 Å².